The molecule has 0 spiro atoms. The van der Waals surface area contributed by atoms with E-state index in [0.717, 1.165) is 50.7 Å². The molecule has 0 bridgehead atoms. The highest BCUT2D eigenvalue weighted by atomic mass is 127. The summed E-state index contributed by atoms with van der Waals surface area (Å²) in [5, 5.41) is 16.3. The average Bonchev–Trinajstić information content (AvgIpc) is 2.70. The van der Waals surface area contributed by atoms with Crippen molar-refractivity contribution in [2.75, 3.05) is 44.7 Å². The van der Waals surface area contributed by atoms with Gasteiger partial charge >= 0.3 is 0 Å². The summed E-state index contributed by atoms with van der Waals surface area (Å²) in [4.78, 5) is 20.9. The van der Waals surface area contributed by atoms with Crippen LogP contribution in [0, 0.1) is 0 Å². The molecule has 1 aromatic rings. The third kappa shape index (κ3) is 6.15. The standard InChI is InChI=1S/C20H31N5O2.HI/c1-21-20(22-15-19(27)23-16-7-3-2-4-8-16)25-13-11-24(12-14-25)17-9-5-6-10-18(17)26;/h5-6,9-10,16,26H,2-4,7-8,11-15H2,1H3,(H,21,22)(H,23,27);1H. The Hall–Kier alpha value is -1.71. The topological polar surface area (TPSA) is 80.2 Å². The zero-order chi connectivity index (χ0) is 19.1. The summed E-state index contributed by atoms with van der Waals surface area (Å²) < 4.78 is 0. The Labute approximate surface area is 184 Å². The van der Waals surface area contributed by atoms with E-state index < -0.39 is 0 Å². The highest BCUT2D eigenvalue weighted by molar-refractivity contribution is 14.0. The van der Waals surface area contributed by atoms with Crippen molar-refractivity contribution in [1.29, 1.82) is 0 Å². The number of amides is 1. The number of aliphatic imine (C=N–C) groups is 1. The Balaban J connectivity index is 0.00000280. The lowest BCUT2D eigenvalue weighted by Gasteiger charge is -2.37. The molecule has 1 amide bonds. The second kappa shape index (κ2) is 11.3. The SMILES string of the molecule is CN=C(NCC(=O)NC1CCCCC1)N1CCN(c2ccccc2O)CC1.I. The molecule has 156 valence electrons. The second-order valence-corrected chi connectivity index (χ2v) is 7.27. The maximum absolute atomic E-state index is 12.2. The molecule has 3 N–H and O–H groups in total. The van der Waals surface area contributed by atoms with E-state index in [1.807, 2.05) is 18.2 Å². The number of phenolic OH excluding ortho intramolecular Hbond substituents is 1. The van der Waals surface area contributed by atoms with Gasteiger partial charge in [-0.15, -0.1) is 24.0 Å². The molecule has 0 radical (unpaired) electrons. The molecule has 1 saturated carbocycles. The fourth-order valence-electron chi connectivity index (χ4n) is 3.91. The number of hydrogen-bond acceptors (Lipinski definition) is 4. The van der Waals surface area contributed by atoms with Crippen molar-refractivity contribution >= 4 is 41.5 Å². The zero-order valence-corrected chi connectivity index (χ0v) is 18.9. The summed E-state index contributed by atoms with van der Waals surface area (Å²) in [5.74, 6) is 1.11. The van der Waals surface area contributed by atoms with Crippen molar-refractivity contribution in [3.63, 3.8) is 0 Å². The maximum Gasteiger partial charge on any atom is 0.239 e. The van der Waals surface area contributed by atoms with E-state index in [1.165, 1.54) is 19.3 Å². The van der Waals surface area contributed by atoms with Crippen LogP contribution in [0.3, 0.4) is 0 Å². The van der Waals surface area contributed by atoms with E-state index in [0.29, 0.717) is 11.8 Å². The number of aromatic hydroxyl groups is 1. The van der Waals surface area contributed by atoms with Gasteiger partial charge in [0.2, 0.25) is 5.91 Å². The quantitative estimate of drug-likeness (QED) is 0.335. The van der Waals surface area contributed by atoms with Crippen molar-refractivity contribution < 1.29 is 9.90 Å². The molecule has 1 heterocycles. The lowest BCUT2D eigenvalue weighted by Crippen LogP contribution is -2.54. The molecule has 8 heteroatoms. The lowest BCUT2D eigenvalue weighted by atomic mass is 9.95. The predicted octanol–water partition coefficient (Wildman–Crippen LogP) is 2.16. The summed E-state index contributed by atoms with van der Waals surface area (Å²) in [6, 6.07) is 7.75. The van der Waals surface area contributed by atoms with E-state index >= 15 is 0 Å². The molecule has 0 unspecified atom stereocenters. The Morgan fingerprint density at radius 3 is 2.46 bits per heavy atom. The highest BCUT2D eigenvalue weighted by Gasteiger charge is 2.22. The first-order chi connectivity index (χ1) is 13.2. The number of carbonyl (C=O) groups excluding carboxylic acids is 1. The largest absolute Gasteiger partial charge is 0.506 e. The number of phenols is 1. The molecular formula is C20H32IN5O2. The number of guanidine groups is 1. The summed E-state index contributed by atoms with van der Waals surface area (Å²) in [5.41, 5.74) is 0.868. The number of benzene rings is 1. The van der Waals surface area contributed by atoms with Gasteiger partial charge in [0.15, 0.2) is 5.96 Å². The van der Waals surface area contributed by atoms with Gasteiger partial charge < -0.3 is 25.5 Å². The minimum absolute atomic E-state index is 0. The van der Waals surface area contributed by atoms with Gasteiger partial charge in [-0.3, -0.25) is 9.79 Å². The van der Waals surface area contributed by atoms with Crippen LogP contribution in [0.5, 0.6) is 5.75 Å². The normalized spacial score (nSPS) is 18.4. The average molecular weight is 501 g/mol. The van der Waals surface area contributed by atoms with Gasteiger partial charge in [-0.2, -0.15) is 0 Å². The maximum atomic E-state index is 12.2. The van der Waals surface area contributed by atoms with Crippen molar-refractivity contribution in [3.8, 4) is 5.75 Å². The van der Waals surface area contributed by atoms with E-state index in [1.54, 1.807) is 13.1 Å². The Bertz CT molecular complexity index is 656. The van der Waals surface area contributed by atoms with Crippen molar-refractivity contribution in [3.05, 3.63) is 24.3 Å². The molecule has 1 aliphatic heterocycles. The fourth-order valence-corrected chi connectivity index (χ4v) is 3.91. The van der Waals surface area contributed by atoms with Crippen LogP contribution in [-0.4, -0.2) is 67.7 Å². The molecule has 1 aromatic carbocycles. The fraction of sp³-hybridized carbons (Fsp3) is 0.600. The van der Waals surface area contributed by atoms with Crippen LogP contribution < -0.4 is 15.5 Å². The first-order valence-corrected chi connectivity index (χ1v) is 9.95. The third-order valence-corrected chi connectivity index (χ3v) is 5.39. The number of nitrogens with zero attached hydrogens (tertiary/aromatic N) is 3. The van der Waals surface area contributed by atoms with E-state index in [4.69, 9.17) is 0 Å². The summed E-state index contributed by atoms with van der Waals surface area (Å²) in [6.07, 6.45) is 5.89. The van der Waals surface area contributed by atoms with Gasteiger partial charge in [0, 0.05) is 39.3 Å². The van der Waals surface area contributed by atoms with Crippen LogP contribution in [0.2, 0.25) is 0 Å². The van der Waals surface area contributed by atoms with E-state index in [2.05, 4.69) is 25.4 Å². The zero-order valence-electron chi connectivity index (χ0n) is 16.6. The molecule has 3 rings (SSSR count). The van der Waals surface area contributed by atoms with Gasteiger partial charge in [-0.25, -0.2) is 0 Å². The summed E-state index contributed by atoms with van der Waals surface area (Å²) in [6.45, 7) is 3.43. The van der Waals surface area contributed by atoms with Crippen LogP contribution in [-0.2, 0) is 4.79 Å². The minimum Gasteiger partial charge on any atom is -0.506 e. The third-order valence-electron chi connectivity index (χ3n) is 5.39. The van der Waals surface area contributed by atoms with Crippen LogP contribution in [0.1, 0.15) is 32.1 Å². The van der Waals surface area contributed by atoms with E-state index in [-0.39, 0.29) is 36.4 Å². The smallest absolute Gasteiger partial charge is 0.239 e. The summed E-state index contributed by atoms with van der Waals surface area (Å²) in [7, 11) is 1.75. The molecule has 0 atom stereocenters. The number of rotatable bonds is 4. The first kappa shape index (κ1) is 22.6. The van der Waals surface area contributed by atoms with Gasteiger partial charge in [-0.05, 0) is 25.0 Å². The molecule has 7 nitrogen and oxygen atoms in total. The monoisotopic (exact) mass is 501 g/mol. The van der Waals surface area contributed by atoms with Gasteiger partial charge in [0.1, 0.15) is 5.75 Å². The Morgan fingerprint density at radius 1 is 1.14 bits per heavy atom. The van der Waals surface area contributed by atoms with Crippen molar-refractivity contribution in [1.82, 2.24) is 15.5 Å². The van der Waals surface area contributed by atoms with Crippen molar-refractivity contribution in [2.45, 2.75) is 38.1 Å². The number of para-hydroxylation sites is 2. The number of hydrogen-bond donors (Lipinski definition) is 3. The van der Waals surface area contributed by atoms with Gasteiger partial charge in [0.25, 0.3) is 0 Å². The molecule has 28 heavy (non-hydrogen) atoms. The van der Waals surface area contributed by atoms with Gasteiger partial charge in [0.05, 0.1) is 12.2 Å². The molecule has 1 aliphatic carbocycles. The summed E-state index contributed by atoms with van der Waals surface area (Å²) >= 11 is 0. The number of halogens is 1. The number of carbonyl (C=O) groups is 1. The van der Waals surface area contributed by atoms with E-state index in [9.17, 15) is 9.90 Å². The lowest BCUT2D eigenvalue weighted by molar-refractivity contribution is -0.120. The minimum atomic E-state index is 0. The molecule has 0 aromatic heterocycles. The predicted molar refractivity (Wildman–Crippen MR) is 124 cm³/mol. The van der Waals surface area contributed by atoms with Gasteiger partial charge in [-0.1, -0.05) is 31.4 Å². The number of nitrogens with one attached hydrogen (secondary N) is 2. The first-order valence-electron chi connectivity index (χ1n) is 9.95. The molecule has 1 saturated heterocycles. The second-order valence-electron chi connectivity index (χ2n) is 7.27. The molecular weight excluding hydrogens is 469 g/mol. The highest BCUT2D eigenvalue weighted by Crippen LogP contribution is 2.27. The molecule has 2 fully saturated rings. The molecule has 2 aliphatic rings. The van der Waals surface area contributed by atoms with Crippen LogP contribution in [0.15, 0.2) is 29.3 Å². The number of anilines is 1. The number of piperazine rings is 1. The van der Waals surface area contributed by atoms with Crippen LogP contribution >= 0.6 is 24.0 Å². The van der Waals surface area contributed by atoms with Crippen LogP contribution in [0.25, 0.3) is 0 Å². The Kier molecular flexibility index (Phi) is 9.14. The Morgan fingerprint density at radius 2 is 1.82 bits per heavy atom. The van der Waals surface area contributed by atoms with Crippen molar-refractivity contribution in [2.24, 2.45) is 4.99 Å². The van der Waals surface area contributed by atoms with Crippen LogP contribution in [0.4, 0.5) is 5.69 Å².